The highest BCUT2D eigenvalue weighted by molar-refractivity contribution is 5.78. The molecular formula is C31H38N4O. The summed E-state index contributed by atoms with van der Waals surface area (Å²) >= 11 is 0. The van der Waals surface area contributed by atoms with Crippen LogP contribution in [0.2, 0.25) is 0 Å². The number of likely N-dealkylation sites (tertiary alicyclic amines) is 1. The Morgan fingerprint density at radius 3 is 2.53 bits per heavy atom. The van der Waals surface area contributed by atoms with Gasteiger partial charge in [-0.3, -0.25) is 9.69 Å². The summed E-state index contributed by atoms with van der Waals surface area (Å²) in [4.78, 5) is 17.6. The molecule has 36 heavy (non-hydrogen) atoms. The average Bonchev–Trinajstić information content (AvgIpc) is 3.48. The number of piperidine rings is 1. The number of rotatable bonds is 4. The van der Waals surface area contributed by atoms with Gasteiger partial charge in [-0.2, -0.15) is 5.26 Å². The minimum atomic E-state index is 0.111. The van der Waals surface area contributed by atoms with Crippen LogP contribution < -0.4 is 5.32 Å². The largest absolute Gasteiger partial charge is 0.337 e. The molecule has 5 heteroatoms. The topological polar surface area (TPSA) is 59.4 Å². The Hall–Kier alpha value is -2.68. The summed E-state index contributed by atoms with van der Waals surface area (Å²) in [5, 5.41) is 13.3. The lowest BCUT2D eigenvalue weighted by Crippen LogP contribution is -2.59. The van der Waals surface area contributed by atoms with Gasteiger partial charge in [0.15, 0.2) is 0 Å². The lowest BCUT2D eigenvalue weighted by molar-refractivity contribution is -0.133. The number of nitrogens with one attached hydrogen (secondary N) is 1. The number of nitrogens with zero attached hydrogens (tertiary/aromatic N) is 3. The van der Waals surface area contributed by atoms with E-state index in [1.54, 1.807) is 11.1 Å². The summed E-state index contributed by atoms with van der Waals surface area (Å²) in [6.07, 6.45) is 9.69. The zero-order valence-corrected chi connectivity index (χ0v) is 21.3. The second-order valence-corrected chi connectivity index (χ2v) is 11.4. The van der Waals surface area contributed by atoms with Gasteiger partial charge in [-0.15, -0.1) is 0 Å². The molecule has 0 bridgehead atoms. The van der Waals surface area contributed by atoms with E-state index >= 15 is 0 Å². The molecule has 4 aliphatic rings. The third-order valence-electron chi connectivity index (χ3n) is 9.56. The molecule has 0 spiro atoms. The maximum atomic E-state index is 13.2. The second kappa shape index (κ2) is 10.00. The van der Waals surface area contributed by atoms with E-state index in [1.165, 1.54) is 36.8 Å². The van der Waals surface area contributed by atoms with Gasteiger partial charge in [0, 0.05) is 25.2 Å². The summed E-state index contributed by atoms with van der Waals surface area (Å²) in [6, 6.07) is 17.3. The van der Waals surface area contributed by atoms with Crippen LogP contribution in [0.4, 0.5) is 0 Å². The van der Waals surface area contributed by atoms with Gasteiger partial charge in [-0.05, 0) is 97.8 Å². The van der Waals surface area contributed by atoms with Crippen LogP contribution in [0.25, 0.3) is 0 Å². The fraction of sp³-hybridized carbons (Fsp3) is 0.548. The van der Waals surface area contributed by atoms with Gasteiger partial charge in [0.05, 0.1) is 18.2 Å². The average molecular weight is 483 g/mol. The van der Waals surface area contributed by atoms with Crippen molar-refractivity contribution in [2.75, 3.05) is 32.7 Å². The second-order valence-electron chi connectivity index (χ2n) is 11.4. The lowest BCUT2D eigenvalue weighted by atomic mass is 9.63. The number of amides is 1. The molecule has 1 saturated carbocycles. The van der Waals surface area contributed by atoms with Gasteiger partial charge >= 0.3 is 0 Å². The molecule has 2 aromatic rings. The zero-order valence-electron chi connectivity index (χ0n) is 21.3. The number of fused-ring (bicyclic) bond motifs is 2. The summed E-state index contributed by atoms with van der Waals surface area (Å²) in [5.74, 6) is 1.60. The predicted octanol–water partition coefficient (Wildman–Crippen LogP) is 4.39. The van der Waals surface area contributed by atoms with Crippen molar-refractivity contribution < 1.29 is 4.79 Å². The number of hydrogen-bond donors (Lipinski definition) is 1. The smallest absolute Gasteiger partial charge is 0.237 e. The molecule has 0 aromatic heterocycles. The lowest BCUT2D eigenvalue weighted by Gasteiger charge is -2.52. The molecule has 2 aromatic carbocycles. The molecule has 1 aliphatic carbocycles. The fourth-order valence-corrected chi connectivity index (χ4v) is 7.76. The van der Waals surface area contributed by atoms with Crippen LogP contribution in [0.5, 0.6) is 0 Å². The van der Waals surface area contributed by atoms with Gasteiger partial charge in [0.1, 0.15) is 0 Å². The van der Waals surface area contributed by atoms with Gasteiger partial charge in [-0.1, -0.05) is 43.2 Å². The minimum Gasteiger partial charge on any atom is -0.337 e. The van der Waals surface area contributed by atoms with Gasteiger partial charge in [0.2, 0.25) is 5.91 Å². The van der Waals surface area contributed by atoms with E-state index in [4.69, 9.17) is 5.26 Å². The molecule has 1 amide bonds. The molecule has 188 valence electrons. The highest BCUT2D eigenvalue weighted by Gasteiger charge is 2.49. The Labute approximate surface area is 215 Å². The van der Waals surface area contributed by atoms with Crippen molar-refractivity contribution in [2.24, 2.45) is 11.8 Å². The first kappa shape index (κ1) is 23.7. The van der Waals surface area contributed by atoms with E-state index in [9.17, 15) is 4.79 Å². The first-order chi connectivity index (χ1) is 17.7. The Morgan fingerprint density at radius 1 is 0.944 bits per heavy atom. The Kier molecular flexibility index (Phi) is 6.58. The van der Waals surface area contributed by atoms with Crippen molar-refractivity contribution in [3.8, 4) is 6.07 Å². The summed E-state index contributed by atoms with van der Waals surface area (Å²) < 4.78 is 0. The molecule has 2 fully saturated rings. The maximum absolute atomic E-state index is 13.2. The Balaban J connectivity index is 1.12. The van der Waals surface area contributed by atoms with Crippen molar-refractivity contribution in [2.45, 2.75) is 63.5 Å². The number of carbonyl (C=O) groups is 1. The van der Waals surface area contributed by atoms with Crippen LogP contribution in [0, 0.1) is 23.2 Å². The SMILES string of the molecule is N#Cc1ccc2c(c1)CCN(C(=O)CN1CCC(C3(C4CCCC4)NCCc4ccccc43)CC1)C2. The van der Waals surface area contributed by atoms with E-state index in [1.807, 2.05) is 23.1 Å². The van der Waals surface area contributed by atoms with Crippen molar-refractivity contribution in [1.29, 1.82) is 5.26 Å². The highest BCUT2D eigenvalue weighted by Crippen LogP contribution is 2.50. The molecule has 0 radical (unpaired) electrons. The number of carbonyl (C=O) groups excluding carboxylic acids is 1. The molecule has 5 nitrogen and oxygen atoms in total. The van der Waals surface area contributed by atoms with Crippen LogP contribution >= 0.6 is 0 Å². The van der Waals surface area contributed by atoms with Gasteiger partial charge in [0.25, 0.3) is 0 Å². The van der Waals surface area contributed by atoms with Crippen molar-refractivity contribution in [3.05, 3.63) is 70.3 Å². The van der Waals surface area contributed by atoms with Crippen LogP contribution in [-0.2, 0) is 29.7 Å². The highest BCUT2D eigenvalue weighted by atomic mass is 16.2. The molecule has 1 atom stereocenters. The predicted molar refractivity (Wildman–Crippen MR) is 141 cm³/mol. The summed E-state index contributed by atoms with van der Waals surface area (Å²) in [5.41, 5.74) is 6.35. The first-order valence-corrected chi connectivity index (χ1v) is 14.0. The van der Waals surface area contributed by atoms with E-state index in [0.29, 0.717) is 24.6 Å². The molecule has 3 aliphatic heterocycles. The minimum absolute atomic E-state index is 0.111. The normalized spacial score (nSPS) is 25.2. The van der Waals surface area contributed by atoms with Crippen molar-refractivity contribution in [3.63, 3.8) is 0 Å². The maximum Gasteiger partial charge on any atom is 0.237 e. The standard InChI is InChI=1S/C31H38N4O/c32-20-23-9-10-26-21-35(18-12-25(26)19-23)30(36)22-34-16-13-28(14-17-34)31(27-6-2-3-7-27)29-8-4-1-5-24(29)11-15-33-31/h1,4-5,8-10,19,27-28,33H,2-3,6-7,11-18,21-22H2. The van der Waals surface area contributed by atoms with Crippen LogP contribution in [-0.4, -0.2) is 48.4 Å². The zero-order chi connectivity index (χ0) is 24.5. The third kappa shape index (κ3) is 4.25. The van der Waals surface area contributed by atoms with Gasteiger partial charge < -0.3 is 10.2 Å². The quantitative estimate of drug-likeness (QED) is 0.702. The van der Waals surface area contributed by atoms with Crippen molar-refractivity contribution >= 4 is 5.91 Å². The molecule has 1 N–H and O–H groups in total. The monoisotopic (exact) mass is 482 g/mol. The van der Waals surface area contributed by atoms with E-state index in [0.717, 1.165) is 57.8 Å². The number of benzene rings is 2. The van der Waals surface area contributed by atoms with Crippen LogP contribution in [0.3, 0.4) is 0 Å². The van der Waals surface area contributed by atoms with Crippen LogP contribution in [0.15, 0.2) is 42.5 Å². The number of nitriles is 1. The first-order valence-electron chi connectivity index (χ1n) is 14.0. The fourth-order valence-electron chi connectivity index (χ4n) is 7.76. The number of hydrogen-bond acceptors (Lipinski definition) is 4. The van der Waals surface area contributed by atoms with Gasteiger partial charge in [-0.25, -0.2) is 0 Å². The van der Waals surface area contributed by atoms with Crippen LogP contribution in [0.1, 0.15) is 66.3 Å². The molecule has 1 unspecified atom stereocenters. The summed E-state index contributed by atoms with van der Waals surface area (Å²) in [7, 11) is 0. The Bertz CT molecular complexity index is 1160. The van der Waals surface area contributed by atoms with Crippen molar-refractivity contribution in [1.82, 2.24) is 15.1 Å². The Morgan fingerprint density at radius 2 is 1.72 bits per heavy atom. The molecular weight excluding hydrogens is 444 g/mol. The van der Waals surface area contributed by atoms with E-state index < -0.39 is 0 Å². The van der Waals surface area contributed by atoms with E-state index in [-0.39, 0.29) is 11.4 Å². The molecule has 1 saturated heterocycles. The summed E-state index contributed by atoms with van der Waals surface area (Å²) in [6.45, 7) is 5.04. The van der Waals surface area contributed by atoms with E-state index in [2.05, 4.69) is 40.6 Å². The molecule has 3 heterocycles. The third-order valence-corrected chi connectivity index (χ3v) is 9.56. The molecule has 6 rings (SSSR count).